The first-order valence-electron chi connectivity index (χ1n) is 18.8. The van der Waals surface area contributed by atoms with Gasteiger partial charge in [-0.2, -0.15) is 0 Å². The lowest BCUT2D eigenvalue weighted by atomic mass is 9.81. The van der Waals surface area contributed by atoms with Crippen LogP contribution in [0.1, 0.15) is 88.7 Å². The molecule has 4 aromatic rings. The fraction of sp³-hybridized carbons (Fsp3) is 0.452. The Hall–Kier alpha value is -5.79. The Balaban J connectivity index is 1.30. The fourth-order valence-corrected chi connectivity index (χ4v) is 6.63. The van der Waals surface area contributed by atoms with Crippen molar-refractivity contribution >= 4 is 46.7 Å². The van der Waals surface area contributed by atoms with Crippen molar-refractivity contribution in [2.24, 2.45) is 11.8 Å². The van der Waals surface area contributed by atoms with Crippen LogP contribution >= 0.6 is 0 Å². The van der Waals surface area contributed by atoms with Crippen molar-refractivity contribution in [3.05, 3.63) is 77.4 Å². The van der Waals surface area contributed by atoms with Gasteiger partial charge in [0.15, 0.2) is 0 Å². The summed E-state index contributed by atoms with van der Waals surface area (Å²) in [6, 6.07) is 17.0. The number of aromatic nitrogens is 3. The molecular weight excluding hydrogens is 716 g/mol. The molecule has 3 aromatic carbocycles. The molecular formula is C42H52N6O8. The van der Waals surface area contributed by atoms with Crippen molar-refractivity contribution in [2.45, 2.75) is 97.8 Å². The normalized spacial score (nSPS) is 16.4. The Morgan fingerprint density at radius 2 is 1.54 bits per heavy atom. The number of benzene rings is 3. The number of fused-ring (bicyclic) bond motifs is 1. The number of hydrogen-bond donors (Lipinski definition) is 3. The molecule has 1 saturated carbocycles. The number of nitrogens with one attached hydrogen (secondary N) is 3. The van der Waals surface area contributed by atoms with E-state index in [2.05, 4.69) is 26.3 Å². The molecule has 0 radical (unpaired) electrons. The van der Waals surface area contributed by atoms with E-state index < -0.39 is 41.3 Å². The van der Waals surface area contributed by atoms with Crippen LogP contribution in [-0.4, -0.2) is 75.9 Å². The van der Waals surface area contributed by atoms with Crippen molar-refractivity contribution in [3.8, 4) is 11.1 Å². The van der Waals surface area contributed by atoms with Crippen LogP contribution in [0.5, 0.6) is 0 Å². The first kappa shape index (κ1) is 41.4. The molecule has 1 aromatic heterocycles. The molecule has 56 heavy (non-hydrogen) atoms. The summed E-state index contributed by atoms with van der Waals surface area (Å²) in [5.41, 5.74) is 3.96. The third-order valence-electron chi connectivity index (χ3n) is 9.42. The minimum absolute atomic E-state index is 0.211. The number of aryl methyl sites for hydroxylation is 1. The number of ether oxygens (including phenoxy) is 3. The highest BCUT2D eigenvalue weighted by Crippen LogP contribution is 2.30. The van der Waals surface area contributed by atoms with E-state index in [0.29, 0.717) is 41.7 Å². The minimum atomic E-state index is -0.922. The van der Waals surface area contributed by atoms with Gasteiger partial charge in [-0.1, -0.05) is 35.5 Å². The van der Waals surface area contributed by atoms with Gasteiger partial charge in [-0.05, 0) is 133 Å². The first-order chi connectivity index (χ1) is 26.4. The summed E-state index contributed by atoms with van der Waals surface area (Å²) < 4.78 is 16.7. The van der Waals surface area contributed by atoms with E-state index in [1.807, 2.05) is 58.0 Å². The van der Waals surface area contributed by atoms with Crippen LogP contribution in [0, 0.1) is 18.8 Å². The number of hydrogen-bond acceptors (Lipinski definition) is 10. The van der Waals surface area contributed by atoms with Crippen molar-refractivity contribution in [1.29, 1.82) is 0 Å². The van der Waals surface area contributed by atoms with E-state index in [4.69, 9.17) is 14.2 Å². The summed E-state index contributed by atoms with van der Waals surface area (Å²) in [6.45, 7) is 13.1. The van der Waals surface area contributed by atoms with Gasteiger partial charge < -0.3 is 30.2 Å². The van der Waals surface area contributed by atoms with Gasteiger partial charge in [0.05, 0.1) is 12.7 Å². The Morgan fingerprint density at radius 1 is 0.857 bits per heavy atom. The number of methoxy groups -OCH3 is 1. The maximum atomic E-state index is 14.0. The quantitative estimate of drug-likeness (QED) is 0.113. The molecule has 1 fully saturated rings. The highest BCUT2D eigenvalue weighted by molar-refractivity contribution is 5.99. The van der Waals surface area contributed by atoms with E-state index in [-0.39, 0.29) is 24.2 Å². The Labute approximate surface area is 327 Å². The average Bonchev–Trinajstić information content (AvgIpc) is 3.56. The molecule has 14 nitrogen and oxygen atoms in total. The maximum Gasteiger partial charge on any atom is 0.437 e. The molecule has 3 N–H and O–H groups in total. The molecule has 3 amide bonds. The molecule has 1 heterocycles. The number of nitrogens with zero attached hydrogens (tertiary/aromatic N) is 3. The van der Waals surface area contributed by atoms with Crippen molar-refractivity contribution in [3.63, 3.8) is 0 Å². The predicted molar refractivity (Wildman–Crippen MR) is 211 cm³/mol. The number of carbonyl (C=O) groups excluding carboxylic acids is 5. The highest BCUT2D eigenvalue weighted by atomic mass is 16.6. The molecule has 298 valence electrons. The van der Waals surface area contributed by atoms with Gasteiger partial charge in [0.1, 0.15) is 28.3 Å². The van der Waals surface area contributed by atoms with Crippen LogP contribution in [0.25, 0.3) is 22.2 Å². The van der Waals surface area contributed by atoms with Crippen molar-refractivity contribution in [1.82, 2.24) is 25.6 Å². The van der Waals surface area contributed by atoms with Gasteiger partial charge in [-0.25, -0.2) is 14.4 Å². The van der Waals surface area contributed by atoms with Crippen molar-refractivity contribution < 1.29 is 38.2 Å². The number of anilines is 1. The first-order valence-corrected chi connectivity index (χ1v) is 18.8. The van der Waals surface area contributed by atoms with Crippen LogP contribution < -0.4 is 16.0 Å². The molecule has 0 spiro atoms. The molecule has 14 heteroatoms. The van der Waals surface area contributed by atoms with Crippen LogP contribution in [0.15, 0.2) is 60.7 Å². The molecule has 1 atom stereocenters. The SMILES string of the molecule is COC(=O)c1ccc(-c2ccc(C[C@H](NC(=O)[C@H]3CC[C@H](CNC(=O)OC(C)(C)C)CC3)C(=O)Nc3ccc4c(c3)nnn4C(=O)OC(C)(C)C)cc2)c(C)c1. The summed E-state index contributed by atoms with van der Waals surface area (Å²) >= 11 is 0. The van der Waals surface area contributed by atoms with E-state index in [0.717, 1.165) is 39.8 Å². The van der Waals surface area contributed by atoms with Crippen LogP contribution in [-0.2, 0) is 30.2 Å². The van der Waals surface area contributed by atoms with Gasteiger partial charge >= 0.3 is 18.2 Å². The molecule has 0 bridgehead atoms. The third-order valence-corrected chi connectivity index (χ3v) is 9.42. The lowest BCUT2D eigenvalue weighted by Crippen LogP contribution is -2.48. The van der Waals surface area contributed by atoms with Gasteiger partial charge in [-0.3, -0.25) is 9.59 Å². The number of esters is 1. The van der Waals surface area contributed by atoms with Crippen LogP contribution in [0.4, 0.5) is 15.3 Å². The van der Waals surface area contributed by atoms with Crippen LogP contribution in [0.2, 0.25) is 0 Å². The van der Waals surface area contributed by atoms with Gasteiger partial charge in [0.2, 0.25) is 11.8 Å². The number of amides is 3. The molecule has 1 aliphatic carbocycles. The zero-order valence-corrected chi connectivity index (χ0v) is 33.4. The summed E-state index contributed by atoms with van der Waals surface area (Å²) in [7, 11) is 1.35. The molecule has 0 saturated heterocycles. The smallest absolute Gasteiger partial charge is 0.437 e. The Kier molecular flexibility index (Phi) is 12.8. The molecule has 1 aliphatic rings. The Morgan fingerprint density at radius 3 is 2.16 bits per heavy atom. The third kappa shape index (κ3) is 11.1. The van der Waals surface area contributed by atoms with Gasteiger partial charge in [0.25, 0.3) is 0 Å². The second kappa shape index (κ2) is 17.3. The maximum absolute atomic E-state index is 14.0. The summed E-state index contributed by atoms with van der Waals surface area (Å²) in [6.07, 6.45) is 1.81. The lowest BCUT2D eigenvalue weighted by Gasteiger charge is -2.29. The second-order valence-corrected chi connectivity index (χ2v) is 16.3. The molecule has 5 rings (SSSR count). The van der Waals surface area contributed by atoms with E-state index in [1.54, 1.807) is 51.1 Å². The van der Waals surface area contributed by atoms with E-state index in [1.165, 1.54) is 7.11 Å². The van der Waals surface area contributed by atoms with Gasteiger partial charge in [-0.15, -0.1) is 9.78 Å². The fourth-order valence-electron chi connectivity index (χ4n) is 6.63. The summed E-state index contributed by atoms with van der Waals surface area (Å²) in [5.74, 6) is -1.12. The van der Waals surface area contributed by atoms with E-state index in [9.17, 15) is 24.0 Å². The van der Waals surface area contributed by atoms with Crippen LogP contribution in [0.3, 0.4) is 0 Å². The van der Waals surface area contributed by atoms with Gasteiger partial charge in [0, 0.05) is 24.6 Å². The van der Waals surface area contributed by atoms with Crippen molar-refractivity contribution in [2.75, 3.05) is 19.0 Å². The molecule has 0 aliphatic heterocycles. The topological polar surface area (TPSA) is 180 Å². The Bertz CT molecular complexity index is 2070. The predicted octanol–water partition coefficient (Wildman–Crippen LogP) is 6.97. The molecule has 0 unspecified atom stereocenters. The van der Waals surface area contributed by atoms with E-state index >= 15 is 0 Å². The lowest BCUT2D eigenvalue weighted by molar-refractivity contribution is -0.130. The minimum Gasteiger partial charge on any atom is -0.465 e. The highest BCUT2D eigenvalue weighted by Gasteiger charge is 2.31. The average molecular weight is 769 g/mol. The monoisotopic (exact) mass is 768 g/mol. The number of alkyl carbamates (subject to hydrolysis) is 1. The zero-order chi connectivity index (χ0) is 40.8. The second-order valence-electron chi connectivity index (χ2n) is 16.3. The number of rotatable bonds is 10. The summed E-state index contributed by atoms with van der Waals surface area (Å²) in [5, 5.41) is 16.8. The summed E-state index contributed by atoms with van der Waals surface area (Å²) in [4.78, 5) is 64.5. The standard InChI is InChI=1S/C42H52N6O8/c1-25-21-30(38(51)54-8)17-19-32(25)28-13-9-26(10-14-28)22-34(45-36(49)29-15-11-27(12-16-29)24-43-39(52)55-41(2,3)4)37(50)44-31-18-20-35-33(23-31)46-47-48(35)40(53)56-42(5,6)7/h9-10,13-14,17-21,23,27,29,34H,11-12,15-16,22,24H2,1-8H3,(H,43,52)(H,44,50)(H,45,49)/t27-,29-,34-/m0/s1. The zero-order valence-electron chi connectivity index (χ0n) is 33.4. The largest absolute Gasteiger partial charge is 0.465 e. The number of carbonyl (C=O) groups is 5.